The summed E-state index contributed by atoms with van der Waals surface area (Å²) in [6.45, 7) is 0. The maximum atomic E-state index is 4.11. The van der Waals surface area contributed by atoms with Crippen LogP contribution in [-0.4, -0.2) is 12.0 Å². The van der Waals surface area contributed by atoms with Crippen molar-refractivity contribution in [2.75, 3.05) is 12.4 Å². The third kappa shape index (κ3) is 1.64. The minimum absolute atomic E-state index is 0.690. The quantitative estimate of drug-likeness (QED) is 0.632. The Balaban J connectivity index is 2.87. The highest BCUT2D eigenvalue weighted by molar-refractivity contribution is 7.79. The SMILES string of the molecule is CNc1ccnc(CS)c1. The first-order valence-corrected chi connectivity index (χ1v) is 3.73. The van der Waals surface area contributed by atoms with E-state index in [9.17, 15) is 0 Å². The summed E-state index contributed by atoms with van der Waals surface area (Å²) in [6, 6.07) is 3.90. The molecule has 0 aliphatic rings. The Hall–Kier alpha value is -0.700. The Bertz CT molecular complexity index is 193. The Labute approximate surface area is 66.1 Å². The van der Waals surface area contributed by atoms with E-state index < -0.39 is 0 Å². The van der Waals surface area contributed by atoms with Gasteiger partial charge < -0.3 is 5.32 Å². The number of thiol groups is 1. The minimum Gasteiger partial charge on any atom is -0.388 e. The van der Waals surface area contributed by atoms with Crippen LogP contribution in [0.2, 0.25) is 0 Å². The van der Waals surface area contributed by atoms with Crippen LogP contribution in [0.4, 0.5) is 5.69 Å². The fourth-order valence-corrected chi connectivity index (χ4v) is 0.893. The van der Waals surface area contributed by atoms with Gasteiger partial charge in [0, 0.05) is 24.7 Å². The number of hydrogen-bond donors (Lipinski definition) is 2. The van der Waals surface area contributed by atoms with Crippen LogP contribution in [0.1, 0.15) is 5.69 Å². The molecule has 0 amide bonds. The van der Waals surface area contributed by atoms with Crippen LogP contribution in [0.3, 0.4) is 0 Å². The average molecular weight is 154 g/mol. The molecule has 1 aromatic rings. The van der Waals surface area contributed by atoms with Gasteiger partial charge >= 0.3 is 0 Å². The number of aromatic nitrogens is 1. The van der Waals surface area contributed by atoms with Gasteiger partial charge in [0.05, 0.1) is 5.69 Å². The topological polar surface area (TPSA) is 24.9 Å². The van der Waals surface area contributed by atoms with Crippen molar-refractivity contribution in [2.45, 2.75) is 5.75 Å². The lowest BCUT2D eigenvalue weighted by Crippen LogP contribution is -1.90. The minimum atomic E-state index is 0.690. The fourth-order valence-electron chi connectivity index (χ4n) is 0.720. The Morgan fingerprint density at radius 1 is 1.70 bits per heavy atom. The van der Waals surface area contributed by atoms with E-state index in [-0.39, 0.29) is 0 Å². The number of anilines is 1. The Kier molecular flexibility index (Phi) is 2.57. The summed E-state index contributed by atoms with van der Waals surface area (Å²) in [5.74, 6) is 0.690. The molecular weight excluding hydrogens is 144 g/mol. The molecule has 0 spiro atoms. The normalized spacial score (nSPS) is 9.40. The van der Waals surface area contributed by atoms with Gasteiger partial charge in [-0.05, 0) is 12.1 Å². The maximum Gasteiger partial charge on any atom is 0.0520 e. The van der Waals surface area contributed by atoms with Crippen molar-refractivity contribution >= 4 is 18.3 Å². The monoisotopic (exact) mass is 154 g/mol. The highest BCUT2D eigenvalue weighted by Crippen LogP contribution is 2.07. The third-order valence-electron chi connectivity index (χ3n) is 1.27. The Morgan fingerprint density at radius 2 is 2.50 bits per heavy atom. The molecule has 1 rings (SSSR count). The first-order chi connectivity index (χ1) is 4.86. The van der Waals surface area contributed by atoms with Gasteiger partial charge in [-0.1, -0.05) is 0 Å². The summed E-state index contributed by atoms with van der Waals surface area (Å²) < 4.78 is 0. The van der Waals surface area contributed by atoms with Crippen LogP contribution < -0.4 is 5.32 Å². The molecule has 1 aromatic heterocycles. The predicted octanol–water partition coefficient (Wildman–Crippen LogP) is 1.55. The molecule has 0 radical (unpaired) electrons. The second kappa shape index (κ2) is 3.46. The van der Waals surface area contributed by atoms with Gasteiger partial charge in [0.2, 0.25) is 0 Å². The van der Waals surface area contributed by atoms with Crippen LogP contribution in [0.5, 0.6) is 0 Å². The number of nitrogens with one attached hydrogen (secondary N) is 1. The number of nitrogens with zero attached hydrogens (tertiary/aromatic N) is 1. The number of pyridine rings is 1. The van der Waals surface area contributed by atoms with E-state index in [2.05, 4.69) is 22.9 Å². The molecular formula is C7H10N2S. The summed E-state index contributed by atoms with van der Waals surface area (Å²) in [7, 11) is 1.89. The first kappa shape index (κ1) is 7.41. The zero-order valence-corrected chi connectivity index (χ0v) is 6.73. The molecule has 10 heavy (non-hydrogen) atoms. The van der Waals surface area contributed by atoms with Gasteiger partial charge in [-0.25, -0.2) is 0 Å². The molecule has 0 unspecified atom stereocenters. The van der Waals surface area contributed by atoms with Crippen molar-refractivity contribution in [2.24, 2.45) is 0 Å². The van der Waals surface area contributed by atoms with Crippen LogP contribution in [0, 0.1) is 0 Å². The van der Waals surface area contributed by atoms with E-state index >= 15 is 0 Å². The molecule has 1 heterocycles. The summed E-state index contributed by atoms with van der Waals surface area (Å²) >= 11 is 4.11. The fraction of sp³-hybridized carbons (Fsp3) is 0.286. The van der Waals surface area contributed by atoms with Crippen molar-refractivity contribution in [1.82, 2.24) is 4.98 Å². The highest BCUT2D eigenvalue weighted by Gasteiger charge is 1.90. The molecule has 2 nitrogen and oxygen atoms in total. The van der Waals surface area contributed by atoms with Crippen molar-refractivity contribution in [3.63, 3.8) is 0 Å². The molecule has 0 saturated heterocycles. The highest BCUT2D eigenvalue weighted by atomic mass is 32.1. The van der Waals surface area contributed by atoms with Gasteiger partial charge in [0.25, 0.3) is 0 Å². The van der Waals surface area contributed by atoms with Crippen molar-refractivity contribution in [3.8, 4) is 0 Å². The first-order valence-electron chi connectivity index (χ1n) is 3.10. The van der Waals surface area contributed by atoms with Crippen molar-refractivity contribution in [1.29, 1.82) is 0 Å². The van der Waals surface area contributed by atoms with Gasteiger partial charge in [0.1, 0.15) is 0 Å². The van der Waals surface area contributed by atoms with Gasteiger partial charge in [-0.15, -0.1) is 0 Å². The molecule has 1 N–H and O–H groups in total. The standard InChI is InChI=1S/C7H10N2S/c1-8-6-2-3-9-7(4-6)5-10/h2-4,10H,5H2,1H3,(H,8,9). The lowest BCUT2D eigenvalue weighted by molar-refractivity contribution is 1.18. The Morgan fingerprint density at radius 3 is 3.10 bits per heavy atom. The zero-order valence-electron chi connectivity index (χ0n) is 5.83. The van der Waals surface area contributed by atoms with E-state index in [1.165, 1.54) is 0 Å². The van der Waals surface area contributed by atoms with Crippen LogP contribution in [0.25, 0.3) is 0 Å². The van der Waals surface area contributed by atoms with Crippen LogP contribution >= 0.6 is 12.6 Å². The summed E-state index contributed by atoms with van der Waals surface area (Å²) in [4.78, 5) is 4.09. The molecule has 0 aliphatic carbocycles. The third-order valence-corrected chi connectivity index (χ3v) is 1.59. The number of hydrogen-bond acceptors (Lipinski definition) is 3. The van der Waals surface area contributed by atoms with E-state index in [1.807, 2.05) is 19.2 Å². The van der Waals surface area contributed by atoms with E-state index in [1.54, 1.807) is 6.20 Å². The van der Waals surface area contributed by atoms with Crippen molar-refractivity contribution in [3.05, 3.63) is 24.0 Å². The molecule has 0 bridgehead atoms. The molecule has 0 aromatic carbocycles. The molecule has 0 aliphatic heterocycles. The smallest absolute Gasteiger partial charge is 0.0520 e. The summed E-state index contributed by atoms with van der Waals surface area (Å²) in [5, 5.41) is 3.03. The molecule has 0 saturated carbocycles. The lowest BCUT2D eigenvalue weighted by atomic mass is 10.3. The molecule has 54 valence electrons. The molecule has 0 fully saturated rings. The zero-order chi connectivity index (χ0) is 7.40. The largest absolute Gasteiger partial charge is 0.388 e. The van der Waals surface area contributed by atoms with E-state index in [0.29, 0.717) is 5.75 Å². The van der Waals surface area contributed by atoms with Gasteiger partial charge in [-0.2, -0.15) is 12.6 Å². The number of rotatable bonds is 2. The second-order valence-corrected chi connectivity index (χ2v) is 2.26. The van der Waals surface area contributed by atoms with E-state index in [0.717, 1.165) is 11.4 Å². The van der Waals surface area contributed by atoms with Gasteiger partial charge in [0.15, 0.2) is 0 Å². The molecule has 0 atom stereocenters. The van der Waals surface area contributed by atoms with Gasteiger partial charge in [-0.3, -0.25) is 4.98 Å². The maximum absolute atomic E-state index is 4.11. The lowest BCUT2D eigenvalue weighted by Gasteiger charge is -1.99. The van der Waals surface area contributed by atoms with Crippen LogP contribution in [-0.2, 0) is 5.75 Å². The molecule has 3 heteroatoms. The van der Waals surface area contributed by atoms with E-state index in [4.69, 9.17) is 0 Å². The summed E-state index contributed by atoms with van der Waals surface area (Å²) in [5.41, 5.74) is 2.08. The van der Waals surface area contributed by atoms with Crippen LogP contribution in [0.15, 0.2) is 18.3 Å². The van der Waals surface area contributed by atoms with Crippen molar-refractivity contribution < 1.29 is 0 Å². The average Bonchev–Trinajstić information content (AvgIpc) is 2.05. The predicted molar refractivity (Wildman–Crippen MR) is 46.5 cm³/mol. The second-order valence-electron chi connectivity index (χ2n) is 1.94. The summed E-state index contributed by atoms with van der Waals surface area (Å²) in [6.07, 6.45) is 1.78.